The van der Waals surface area contributed by atoms with Gasteiger partial charge in [0, 0.05) is 10.5 Å². The van der Waals surface area contributed by atoms with Gasteiger partial charge in [-0.05, 0) is 50.1 Å². The minimum atomic E-state index is -0.447. The Morgan fingerprint density at radius 3 is 2.94 bits per heavy atom. The number of rotatable bonds is 10. The van der Waals surface area contributed by atoms with Gasteiger partial charge in [-0.15, -0.1) is 10.2 Å². The quantitative estimate of drug-likeness (QED) is 0.262. The van der Waals surface area contributed by atoms with E-state index in [9.17, 15) is 9.59 Å². The fraction of sp³-hybridized carbons (Fsp3) is 0.286. The third-order valence-corrected chi connectivity index (χ3v) is 5.10. The Morgan fingerprint density at radius 2 is 2.16 bits per heavy atom. The van der Waals surface area contributed by atoms with Crippen LogP contribution in [-0.2, 0) is 9.53 Å². The Morgan fingerprint density at radius 1 is 1.32 bits per heavy atom. The van der Waals surface area contributed by atoms with Gasteiger partial charge in [-0.2, -0.15) is 0 Å². The molecule has 1 aromatic carbocycles. The predicted molar refractivity (Wildman–Crippen MR) is 118 cm³/mol. The number of hydrogen-bond acceptors (Lipinski definition) is 7. The summed E-state index contributed by atoms with van der Waals surface area (Å²) in [6, 6.07) is 10.6. The van der Waals surface area contributed by atoms with Crippen molar-refractivity contribution in [2.24, 2.45) is 0 Å². The molecule has 0 aliphatic rings. The van der Waals surface area contributed by atoms with Crippen molar-refractivity contribution in [3.8, 4) is 17.3 Å². The predicted octanol–water partition coefficient (Wildman–Crippen LogP) is 3.88. The van der Waals surface area contributed by atoms with Crippen LogP contribution in [0.1, 0.15) is 36.2 Å². The van der Waals surface area contributed by atoms with Crippen molar-refractivity contribution in [3.05, 3.63) is 52.8 Å². The second-order valence-corrected chi connectivity index (χ2v) is 7.62. The van der Waals surface area contributed by atoms with Gasteiger partial charge in [-0.3, -0.25) is 4.79 Å². The third kappa shape index (κ3) is 5.66. The number of methoxy groups -OCH3 is 1. The molecule has 1 amide bonds. The monoisotopic (exact) mass is 487 g/mol. The number of halogens is 1. The molecule has 0 radical (unpaired) electrons. The smallest absolute Gasteiger partial charge is 0.341 e. The molecule has 1 N–H and O–H groups in total. The molecule has 10 heteroatoms. The number of ether oxygens (including phenoxy) is 2. The highest BCUT2D eigenvalue weighted by Crippen LogP contribution is 2.25. The van der Waals surface area contributed by atoms with E-state index in [2.05, 4.69) is 43.4 Å². The number of pyridine rings is 1. The van der Waals surface area contributed by atoms with E-state index in [1.165, 1.54) is 7.11 Å². The van der Waals surface area contributed by atoms with Gasteiger partial charge in [0.25, 0.3) is 0 Å². The van der Waals surface area contributed by atoms with Crippen LogP contribution in [-0.4, -0.2) is 45.8 Å². The molecule has 31 heavy (non-hydrogen) atoms. The molecule has 162 valence electrons. The molecule has 0 unspecified atom stereocenters. The standard InChI is InChI=1S/C21H22BrN5O4/c1-14(5-4-10-31-18-9-8-15(22)11-16(18)21(29)30-2)27-12-24-26-20(27)17-6-3-7-19(25-17)23-13-28/h3,6-9,11-14H,4-5,10H2,1-2H3,(H,23,25,28)/t14-/m1/s1. The van der Waals surface area contributed by atoms with Gasteiger partial charge < -0.3 is 19.4 Å². The van der Waals surface area contributed by atoms with Gasteiger partial charge in [-0.1, -0.05) is 22.0 Å². The Labute approximate surface area is 187 Å². The SMILES string of the molecule is COC(=O)c1cc(Br)ccc1OCCC[C@@H](C)n1cnnc1-c1cccc(NC=O)n1. The van der Waals surface area contributed by atoms with Crippen molar-refractivity contribution in [2.75, 3.05) is 19.0 Å². The summed E-state index contributed by atoms with van der Waals surface area (Å²) < 4.78 is 13.4. The van der Waals surface area contributed by atoms with E-state index in [-0.39, 0.29) is 6.04 Å². The first-order valence-electron chi connectivity index (χ1n) is 9.61. The highest BCUT2D eigenvalue weighted by molar-refractivity contribution is 9.10. The third-order valence-electron chi connectivity index (χ3n) is 4.60. The molecule has 0 bridgehead atoms. The number of carbonyl (C=O) groups is 2. The zero-order valence-corrected chi connectivity index (χ0v) is 18.7. The lowest BCUT2D eigenvalue weighted by Crippen LogP contribution is -2.10. The molecular weight excluding hydrogens is 466 g/mol. The van der Waals surface area contributed by atoms with Crippen LogP contribution in [0.25, 0.3) is 11.5 Å². The van der Waals surface area contributed by atoms with Gasteiger partial charge >= 0.3 is 5.97 Å². The van der Waals surface area contributed by atoms with Crippen LogP contribution in [0.5, 0.6) is 5.75 Å². The largest absolute Gasteiger partial charge is 0.493 e. The van der Waals surface area contributed by atoms with Gasteiger partial charge in [0.2, 0.25) is 6.41 Å². The fourth-order valence-electron chi connectivity index (χ4n) is 3.05. The van der Waals surface area contributed by atoms with E-state index < -0.39 is 5.97 Å². The summed E-state index contributed by atoms with van der Waals surface area (Å²) in [5.41, 5.74) is 0.992. The summed E-state index contributed by atoms with van der Waals surface area (Å²) in [6.45, 7) is 2.49. The number of nitrogens with zero attached hydrogens (tertiary/aromatic N) is 4. The number of hydrogen-bond donors (Lipinski definition) is 1. The number of carbonyl (C=O) groups excluding carboxylic acids is 2. The lowest BCUT2D eigenvalue weighted by Gasteiger charge is -2.16. The van der Waals surface area contributed by atoms with Crippen molar-refractivity contribution in [2.45, 2.75) is 25.8 Å². The number of nitrogens with one attached hydrogen (secondary N) is 1. The van der Waals surface area contributed by atoms with Gasteiger partial charge in [0.15, 0.2) is 5.82 Å². The van der Waals surface area contributed by atoms with Gasteiger partial charge in [-0.25, -0.2) is 9.78 Å². The summed E-state index contributed by atoms with van der Waals surface area (Å²) in [4.78, 5) is 27.0. The second kappa shape index (κ2) is 10.7. The Balaban J connectivity index is 1.61. The van der Waals surface area contributed by atoms with Crippen LogP contribution in [0.4, 0.5) is 5.82 Å². The van der Waals surface area contributed by atoms with Crippen LogP contribution in [0.15, 0.2) is 47.2 Å². The van der Waals surface area contributed by atoms with E-state index in [4.69, 9.17) is 9.47 Å². The maximum Gasteiger partial charge on any atom is 0.341 e. The van der Waals surface area contributed by atoms with Crippen LogP contribution in [0.2, 0.25) is 0 Å². The number of benzene rings is 1. The molecule has 0 saturated heterocycles. The summed E-state index contributed by atoms with van der Waals surface area (Å²) in [5, 5.41) is 10.7. The number of amides is 1. The molecule has 2 heterocycles. The van der Waals surface area contributed by atoms with E-state index in [0.29, 0.717) is 41.7 Å². The molecule has 0 aliphatic carbocycles. The van der Waals surface area contributed by atoms with Gasteiger partial charge in [0.1, 0.15) is 29.2 Å². The van der Waals surface area contributed by atoms with Crippen molar-refractivity contribution in [3.63, 3.8) is 0 Å². The van der Waals surface area contributed by atoms with Gasteiger partial charge in [0.05, 0.1) is 13.7 Å². The Hall–Kier alpha value is -3.27. The molecule has 1 atom stereocenters. The molecule has 3 rings (SSSR count). The number of esters is 1. The van der Waals surface area contributed by atoms with Crippen LogP contribution in [0, 0.1) is 0 Å². The minimum absolute atomic E-state index is 0.0862. The number of anilines is 1. The van der Waals surface area contributed by atoms with Crippen molar-refractivity contribution >= 4 is 34.1 Å². The molecule has 0 fully saturated rings. The lowest BCUT2D eigenvalue weighted by molar-refractivity contribution is -0.105. The van der Waals surface area contributed by atoms with E-state index in [1.807, 2.05) is 16.7 Å². The maximum absolute atomic E-state index is 12.0. The van der Waals surface area contributed by atoms with Crippen molar-refractivity contribution in [1.82, 2.24) is 19.7 Å². The highest BCUT2D eigenvalue weighted by Gasteiger charge is 2.16. The molecule has 2 aromatic heterocycles. The zero-order chi connectivity index (χ0) is 22.2. The molecule has 3 aromatic rings. The van der Waals surface area contributed by atoms with Crippen LogP contribution < -0.4 is 10.1 Å². The first-order chi connectivity index (χ1) is 15.0. The first kappa shape index (κ1) is 22.4. The Bertz CT molecular complexity index is 1060. The molecular formula is C21H22BrN5O4. The van der Waals surface area contributed by atoms with E-state index in [1.54, 1.807) is 30.6 Å². The zero-order valence-electron chi connectivity index (χ0n) is 17.1. The van der Waals surface area contributed by atoms with Crippen LogP contribution in [0.3, 0.4) is 0 Å². The molecule has 0 aliphatic heterocycles. The van der Waals surface area contributed by atoms with E-state index in [0.717, 1.165) is 17.3 Å². The summed E-state index contributed by atoms with van der Waals surface area (Å²) in [6.07, 6.45) is 3.78. The first-order valence-corrected chi connectivity index (χ1v) is 10.4. The summed E-state index contributed by atoms with van der Waals surface area (Å²) in [7, 11) is 1.34. The summed E-state index contributed by atoms with van der Waals surface area (Å²) in [5.74, 6) is 1.09. The molecule has 9 nitrogen and oxygen atoms in total. The normalized spacial score (nSPS) is 11.6. The lowest BCUT2D eigenvalue weighted by atomic mass is 10.1. The average molecular weight is 488 g/mol. The summed E-state index contributed by atoms with van der Waals surface area (Å²) >= 11 is 3.35. The Kier molecular flexibility index (Phi) is 7.71. The average Bonchev–Trinajstić information content (AvgIpc) is 3.27. The topological polar surface area (TPSA) is 108 Å². The van der Waals surface area contributed by atoms with Crippen molar-refractivity contribution < 1.29 is 19.1 Å². The molecule has 0 saturated carbocycles. The van der Waals surface area contributed by atoms with Crippen molar-refractivity contribution in [1.29, 1.82) is 0 Å². The minimum Gasteiger partial charge on any atom is -0.493 e. The second-order valence-electron chi connectivity index (χ2n) is 6.70. The highest BCUT2D eigenvalue weighted by atomic mass is 79.9. The van der Waals surface area contributed by atoms with Crippen LogP contribution >= 0.6 is 15.9 Å². The fourth-order valence-corrected chi connectivity index (χ4v) is 3.41. The number of aromatic nitrogens is 4. The van der Waals surface area contributed by atoms with E-state index >= 15 is 0 Å². The molecule has 0 spiro atoms. The maximum atomic E-state index is 12.0.